The van der Waals surface area contributed by atoms with E-state index in [-0.39, 0.29) is 18.8 Å². The average molecular weight is 249 g/mol. The fourth-order valence-electron chi connectivity index (χ4n) is 1.49. The summed E-state index contributed by atoms with van der Waals surface area (Å²) < 4.78 is 42.3. The molecule has 0 fully saturated rings. The van der Waals surface area contributed by atoms with Gasteiger partial charge in [0, 0.05) is 18.2 Å². The lowest BCUT2D eigenvalue weighted by atomic mass is 10.0. The largest absolute Gasteiger partial charge is 0.496 e. The van der Waals surface area contributed by atoms with Crippen molar-refractivity contribution in [1.29, 1.82) is 0 Å². The predicted octanol–water partition coefficient (Wildman–Crippen LogP) is 2.10. The van der Waals surface area contributed by atoms with Crippen LogP contribution in [-0.4, -0.2) is 18.8 Å². The van der Waals surface area contributed by atoms with Crippen molar-refractivity contribution >= 4 is 0 Å². The van der Waals surface area contributed by atoms with Crippen LogP contribution in [0.5, 0.6) is 5.75 Å². The molecule has 0 aromatic heterocycles. The van der Waals surface area contributed by atoms with E-state index in [1.807, 2.05) is 0 Å². The smallest absolute Gasteiger partial charge is 0.416 e. The molecule has 0 saturated heterocycles. The highest BCUT2D eigenvalue weighted by Crippen LogP contribution is 2.34. The van der Waals surface area contributed by atoms with Crippen LogP contribution in [0, 0.1) is 0 Å². The Balaban J connectivity index is 3.10. The molecule has 0 unspecified atom stereocenters. The molecule has 1 atom stereocenters. The van der Waals surface area contributed by atoms with Gasteiger partial charge in [-0.15, -0.1) is 0 Å². The van der Waals surface area contributed by atoms with Crippen LogP contribution in [0.2, 0.25) is 0 Å². The molecule has 17 heavy (non-hydrogen) atoms. The first-order valence-corrected chi connectivity index (χ1v) is 5.01. The van der Waals surface area contributed by atoms with Crippen LogP contribution in [0.25, 0.3) is 0 Å². The number of benzene rings is 1. The zero-order valence-corrected chi connectivity index (χ0v) is 9.29. The fourth-order valence-corrected chi connectivity index (χ4v) is 1.49. The summed E-state index contributed by atoms with van der Waals surface area (Å²) >= 11 is 0. The molecule has 1 aromatic rings. The summed E-state index contributed by atoms with van der Waals surface area (Å²) in [4.78, 5) is 0. The molecule has 0 amide bonds. The van der Waals surface area contributed by atoms with E-state index < -0.39 is 17.8 Å². The minimum absolute atomic E-state index is 0.0841. The number of aliphatic hydroxyl groups is 1. The molecule has 0 radical (unpaired) electrons. The number of hydrogen-bond donors (Lipinski definition) is 2. The van der Waals surface area contributed by atoms with E-state index in [1.165, 1.54) is 13.2 Å². The number of ether oxygens (including phenoxy) is 1. The molecule has 6 heteroatoms. The molecule has 0 spiro atoms. The second-order valence-corrected chi connectivity index (χ2v) is 3.57. The normalized spacial score (nSPS) is 13.5. The summed E-state index contributed by atoms with van der Waals surface area (Å²) in [6, 6.07) is 2.60. The number of nitrogens with two attached hydrogens (primary N) is 1. The maximum Gasteiger partial charge on any atom is 0.416 e. The standard InChI is InChI=1S/C11H14F3NO2/c1-17-10-6-7(11(12,13)14)2-3-8(10)9(15)4-5-16/h2-3,6,9,16H,4-5,15H2,1H3/t9-/m0/s1. The van der Waals surface area contributed by atoms with Crippen LogP contribution >= 0.6 is 0 Å². The lowest BCUT2D eigenvalue weighted by Crippen LogP contribution is -2.14. The van der Waals surface area contributed by atoms with Gasteiger partial charge in [-0.25, -0.2) is 0 Å². The van der Waals surface area contributed by atoms with Gasteiger partial charge in [0.05, 0.1) is 12.7 Å². The maximum atomic E-state index is 12.5. The van der Waals surface area contributed by atoms with Crippen molar-refractivity contribution in [2.24, 2.45) is 5.73 Å². The third kappa shape index (κ3) is 3.34. The second kappa shape index (κ2) is 5.37. The molecule has 1 rings (SSSR count). The summed E-state index contributed by atoms with van der Waals surface area (Å²) in [7, 11) is 1.28. The van der Waals surface area contributed by atoms with E-state index >= 15 is 0 Å². The Kier molecular flexibility index (Phi) is 4.36. The molecule has 1 aromatic carbocycles. The first-order chi connectivity index (χ1) is 7.90. The highest BCUT2D eigenvalue weighted by molar-refractivity contribution is 5.40. The quantitative estimate of drug-likeness (QED) is 0.859. The van der Waals surface area contributed by atoms with Gasteiger partial charge in [0.1, 0.15) is 5.75 Å². The second-order valence-electron chi connectivity index (χ2n) is 3.57. The number of aliphatic hydroxyl groups excluding tert-OH is 1. The van der Waals surface area contributed by atoms with Gasteiger partial charge >= 0.3 is 6.18 Å². The lowest BCUT2D eigenvalue weighted by molar-refractivity contribution is -0.137. The molecular weight excluding hydrogens is 235 g/mol. The van der Waals surface area contributed by atoms with E-state index in [0.29, 0.717) is 5.56 Å². The van der Waals surface area contributed by atoms with Gasteiger partial charge < -0.3 is 15.6 Å². The van der Waals surface area contributed by atoms with E-state index in [4.69, 9.17) is 15.6 Å². The van der Waals surface area contributed by atoms with Crippen molar-refractivity contribution in [3.8, 4) is 5.75 Å². The van der Waals surface area contributed by atoms with Crippen molar-refractivity contribution in [3.63, 3.8) is 0 Å². The van der Waals surface area contributed by atoms with Crippen molar-refractivity contribution < 1.29 is 23.0 Å². The van der Waals surface area contributed by atoms with Gasteiger partial charge in [0.15, 0.2) is 0 Å². The van der Waals surface area contributed by atoms with Gasteiger partial charge in [-0.2, -0.15) is 13.2 Å². The molecule has 0 aliphatic carbocycles. The van der Waals surface area contributed by atoms with Gasteiger partial charge in [-0.3, -0.25) is 0 Å². The first kappa shape index (κ1) is 13.8. The Bertz CT molecular complexity index is 379. The van der Waals surface area contributed by atoms with Gasteiger partial charge in [0.2, 0.25) is 0 Å². The van der Waals surface area contributed by atoms with E-state index in [9.17, 15) is 13.2 Å². The molecule has 0 heterocycles. The summed E-state index contributed by atoms with van der Waals surface area (Å²) in [5.74, 6) is 0.0841. The molecule has 0 saturated carbocycles. The molecule has 0 aliphatic heterocycles. The summed E-state index contributed by atoms with van der Waals surface area (Å²) in [6.45, 7) is -0.134. The van der Waals surface area contributed by atoms with Crippen molar-refractivity contribution in [3.05, 3.63) is 29.3 Å². The number of methoxy groups -OCH3 is 1. The summed E-state index contributed by atoms with van der Waals surface area (Å²) in [6.07, 6.45) is -4.14. The first-order valence-electron chi connectivity index (χ1n) is 5.01. The summed E-state index contributed by atoms with van der Waals surface area (Å²) in [5, 5.41) is 8.74. The summed E-state index contributed by atoms with van der Waals surface area (Å²) in [5.41, 5.74) is 5.39. The van der Waals surface area contributed by atoms with Crippen LogP contribution in [0.4, 0.5) is 13.2 Å². The zero-order chi connectivity index (χ0) is 13.1. The number of halogens is 3. The Labute approximate surface area is 97.0 Å². The zero-order valence-electron chi connectivity index (χ0n) is 9.29. The van der Waals surface area contributed by atoms with Gasteiger partial charge in [-0.05, 0) is 18.6 Å². The molecule has 96 valence electrons. The monoisotopic (exact) mass is 249 g/mol. The minimum atomic E-state index is -4.41. The third-order valence-electron chi connectivity index (χ3n) is 2.40. The Morgan fingerprint density at radius 3 is 2.53 bits per heavy atom. The van der Waals surface area contributed by atoms with Crippen LogP contribution in [0.3, 0.4) is 0 Å². The van der Waals surface area contributed by atoms with E-state index in [2.05, 4.69) is 0 Å². The van der Waals surface area contributed by atoms with Crippen molar-refractivity contribution in [2.45, 2.75) is 18.6 Å². The fraction of sp³-hybridized carbons (Fsp3) is 0.455. The number of alkyl halides is 3. The molecule has 0 bridgehead atoms. The van der Waals surface area contributed by atoms with E-state index in [0.717, 1.165) is 12.1 Å². The van der Waals surface area contributed by atoms with Crippen LogP contribution in [0.1, 0.15) is 23.6 Å². The number of hydrogen-bond acceptors (Lipinski definition) is 3. The molecule has 3 N–H and O–H groups in total. The molecule has 0 aliphatic rings. The lowest BCUT2D eigenvalue weighted by Gasteiger charge is -2.16. The predicted molar refractivity (Wildman–Crippen MR) is 56.6 cm³/mol. The molecular formula is C11H14F3NO2. The topological polar surface area (TPSA) is 55.5 Å². The van der Waals surface area contributed by atoms with Gasteiger partial charge in [0.25, 0.3) is 0 Å². The highest BCUT2D eigenvalue weighted by Gasteiger charge is 2.31. The SMILES string of the molecule is COc1cc(C(F)(F)F)ccc1[C@@H](N)CCO. The Hall–Kier alpha value is -1.27. The van der Waals surface area contributed by atoms with Crippen molar-refractivity contribution in [2.75, 3.05) is 13.7 Å². The van der Waals surface area contributed by atoms with Crippen LogP contribution in [0.15, 0.2) is 18.2 Å². The maximum absolute atomic E-state index is 12.5. The minimum Gasteiger partial charge on any atom is -0.496 e. The van der Waals surface area contributed by atoms with E-state index in [1.54, 1.807) is 0 Å². The van der Waals surface area contributed by atoms with Gasteiger partial charge in [-0.1, -0.05) is 6.07 Å². The third-order valence-corrected chi connectivity index (χ3v) is 2.40. The molecule has 3 nitrogen and oxygen atoms in total. The van der Waals surface area contributed by atoms with Crippen molar-refractivity contribution in [1.82, 2.24) is 0 Å². The highest BCUT2D eigenvalue weighted by atomic mass is 19.4. The Morgan fingerprint density at radius 2 is 2.06 bits per heavy atom. The average Bonchev–Trinajstić information content (AvgIpc) is 2.27. The van der Waals surface area contributed by atoms with Crippen LogP contribution < -0.4 is 10.5 Å². The Morgan fingerprint density at radius 1 is 1.41 bits per heavy atom. The number of rotatable bonds is 4. The van der Waals surface area contributed by atoms with Crippen LogP contribution in [-0.2, 0) is 6.18 Å².